The quantitative estimate of drug-likeness (QED) is 0.819. The second-order valence-corrected chi connectivity index (χ2v) is 6.83. The van der Waals surface area contributed by atoms with E-state index in [1.807, 2.05) is 18.2 Å². The van der Waals surface area contributed by atoms with Gasteiger partial charge in [-0.25, -0.2) is 8.42 Å². The maximum absolute atomic E-state index is 11.6. The van der Waals surface area contributed by atoms with Crippen molar-refractivity contribution in [3.05, 3.63) is 34.9 Å². The molecule has 0 bridgehead atoms. The number of benzene rings is 1. The van der Waals surface area contributed by atoms with Crippen molar-refractivity contribution >= 4 is 21.4 Å². The van der Waals surface area contributed by atoms with E-state index >= 15 is 0 Å². The summed E-state index contributed by atoms with van der Waals surface area (Å²) in [5.41, 5.74) is 1.05. The Balaban J connectivity index is 2.18. The molecule has 4 heteroatoms. The third-order valence-electron chi connectivity index (χ3n) is 2.87. The summed E-state index contributed by atoms with van der Waals surface area (Å²) >= 11 is 5.86. The Morgan fingerprint density at radius 2 is 2.20 bits per heavy atom. The minimum absolute atomic E-state index is 0.161. The fourth-order valence-corrected chi connectivity index (χ4v) is 3.66. The normalized spacial score (nSPS) is 25.2. The molecular formula is C11H13ClO2S. The van der Waals surface area contributed by atoms with Crippen LogP contribution in [-0.4, -0.2) is 19.4 Å². The summed E-state index contributed by atoms with van der Waals surface area (Å²) in [5, 5.41) is 0.494. The van der Waals surface area contributed by atoms with E-state index in [1.165, 1.54) is 0 Å². The molecule has 2 nitrogen and oxygen atoms in total. The Kier molecular flexibility index (Phi) is 2.77. The van der Waals surface area contributed by atoms with Crippen LogP contribution < -0.4 is 0 Å². The van der Waals surface area contributed by atoms with Gasteiger partial charge in [0.15, 0.2) is 9.84 Å². The standard InChI is InChI=1S/C11H13ClO2S/c1-2-15(13,14)11-7-10(11)8-4-3-5-9(12)6-8/h3-6,10-11H,2,7H2,1H3/t10-,11+/m1/s1. The van der Waals surface area contributed by atoms with Crippen LogP contribution in [0.2, 0.25) is 5.02 Å². The lowest BCUT2D eigenvalue weighted by atomic mass is 10.1. The molecule has 1 aliphatic rings. The largest absolute Gasteiger partial charge is 0.229 e. The number of rotatable bonds is 3. The van der Waals surface area contributed by atoms with Crippen molar-refractivity contribution in [3.8, 4) is 0 Å². The molecule has 1 aromatic carbocycles. The van der Waals surface area contributed by atoms with Gasteiger partial charge in [0, 0.05) is 16.7 Å². The molecule has 0 aromatic heterocycles. The number of halogens is 1. The van der Waals surface area contributed by atoms with E-state index in [1.54, 1.807) is 13.0 Å². The first-order valence-electron chi connectivity index (χ1n) is 5.01. The average molecular weight is 245 g/mol. The molecule has 82 valence electrons. The molecule has 15 heavy (non-hydrogen) atoms. The first-order valence-corrected chi connectivity index (χ1v) is 7.11. The molecule has 0 heterocycles. The highest BCUT2D eigenvalue weighted by molar-refractivity contribution is 7.92. The van der Waals surface area contributed by atoms with Gasteiger partial charge in [-0.2, -0.15) is 0 Å². The summed E-state index contributed by atoms with van der Waals surface area (Å²) in [7, 11) is -2.88. The molecule has 2 atom stereocenters. The van der Waals surface area contributed by atoms with Crippen LogP contribution >= 0.6 is 11.6 Å². The Labute approximate surface area is 95.2 Å². The van der Waals surface area contributed by atoms with Gasteiger partial charge in [-0.1, -0.05) is 30.7 Å². The number of hydrogen-bond donors (Lipinski definition) is 0. The number of hydrogen-bond acceptors (Lipinski definition) is 2. The summed E-state index contributed by atoms with van der Waals surface area (Å²) in [4.78, 5) is 0. The summed E-state index contributed by atoms with van der Waals surface area (Å²) in [5.74, 6) is 0.392. The fourth-order valence-electron chi connectivity index (χ4n) is 1.87. The lowest BCUT2D eigenvalue weighted by molar-refractivity contribution is 0.595. The Morgan fingerprint density at radius 3 is 2.80 bits per heavy atom. The fraction of sp³-hybridized carbons (Fsp3) is 0.455. The van der Waals surface area contributed by atoms with Crippen molar-refractivity contribution in [2.24, 2.45) is 0 Å². The highest BCUT2D eigenvalue weighted by Gasteiger charge is 2.46. The van der Waals surface area contributed by atoms with Crippen LogP contribution in [0.3, 0.4) is 0 Å². The van der Waals surface area contributed by atoms with Crippen LogP contribution in [-0.2, 0) is 9.84 Å². The molecule has 0 amide bonds. The van der Waals surface area contributed by atoms with Crippen molar-refractivity contribution in [2.45, 2.75) is 24.5 Å². The minimum Gasteiger partial charge on any atom is -0.229 e. The predicted octanol–water partition coefficient (Wildman–Crippen LogP) is 2.63. The summed E-state index contributed by atoms with van der Waals surface area (Å²) in [6.07, 6.45) is 0.747. The third-order valence-corrected chi connectivity index (χ3v) is 5.36. The molecule has 0 saturated heterocycles. The van der Waals surface area contributed by atoms with Gasteiger partial charge in [-0.05, 0) is 24.1 Å². The second-order valence-electron chi connectivity index (χ2n) is 3.89. The van der Waals surface area contributed by atoms with Crippen LogP contribution in [0.4, 0.5) is 0 Å². The van der Waals surface area contributed by atoms with Crippen LogP contribution in [0.1, 0.15) is 24.8 Å². The highest BCUT2D eigenvalue weighted by atomic mass is 35.5. The van der Waals surface area contributed by atoms with Crippen molar-refractivity contribution in [3.63, 3.8) is 0 Å². The molecule has 1 fully saturated rings. The molecule has 0 aliphatic heterocycles. The zero-order valence-electron chi connectivity index (χ0n) is 8.48. The first kappa shape index (κ1) is 11.0. The Morgan fingerprint density at radius 1 is 1.47 bits per heavy atom. The van der Waals surface area contributed by atoms with Gasteiger partial charge in [0.2, 0.25) is 0 Å². The molecule has 1 saturated carbocycles. The SMILES string of the molecule is CCS(=O)(=O)[C@H]1C[C@@H]1c1cccc(Cl)c1. The summed E-state index contributed by atoms with van der Waals surface area (Å²) < 4.78 is 23.2. The molecular weight excluding hydrogens is 232 g/mol. The van der Waals surface area contributed by atoms with Gasteiger partial charge in [0.1, 0.15) is 0 Å². The molecule has 1 aliphatic carbocycles. The van der Waals surface area contributed by atoms with E-state index in [2.05, 4.69) is 0 Å². The average Bonchev–Trinajstić information content (AvgIpc) is 2.98. The molecule has 1 aromatic rings. The highest BCUT2D eigenvalue weighted by Crippen LogP contribution is 2.46. The maximum atomic E-state index is 11.6. The van der Waals surface area contributed by atoms with Gasteiger partial charge in [-0.15, -0.1) is 0 Å². The van der Waals surface area contributed by atoms with Crippen molar-refractivity contribution in [1.29, 1.82) is 0 Å². The van der Waals surface area contributed by atoms with E-state index in [0.29, 0.717) is 5.02 Å². The van der Waals surface area contributed by atoms with E-state index in [4.69, 9.17) is 11.6 Å². The van der Waals surface area contributed by atoms with Gasteiger partial charge in [0.05, 0.1) is 5.25 Å². The van der Waals surface area contributed by atoms with Crippen LogP contribution in [0.25, 0.3) is 0 Å². The van der Waals surface area contributed by atoms with Gasteiger partial charge >= 0.3 is 0 Å². The van der Waals surface area contributed by atoms with Gasteiger partial charge < -0.3 is 0 Å². The van der Waals surface area contributed by atoms with Gasteiger partial charge in [0.25, 0.3) is 0 Å². The smallest absolute Gasteiger partial charge is 0.153 e. The van der Waals surface area contributed by atoms with E-state index in [9.17, 15) is 8.42 Å². The maximum Gasteiger partial charge on any atom is 0.153 e. The van der Waals surface area contributed by atoms with Crippen LogP contribution in [0.15, 0.2) is 24.3 Å². The zero-order chi connectivity index (χ0) is 11.1. The molecule has 0 spiro atoms. The lowest BCUT2D eigenvalue weighted by Crippen LogP contribution is -2.10. The lowest BCUT2D eigenvalue weighted by Gasteiger charge is -2.01. The molecule has 0 N–H and O–H groups in total. The minimum atomic E-state index is -2.88. The van der Waals surface area contributed by atoms with Gasteiger partial charge in [-0.3, -0.25) is 0 Å². The Hall–Kier alpha value is -0.540. The molecule has 0 radical (unpaired) electrons. The third kappa shape index (κ3) is 2.18. The van der Waals surface area contributed by atoms with Crippen molar-refractivity contribution in [2.75, 3.05) is 5.75 Å². The zero-order valence-corrected chi connectivity index (χ0v) is 10.1. The van der Waals surface area contributed by atoms with E-state index in [-0.39, 0.29) is 16.9 Å². The monoisotopic (exact) mass is 244 g/mol. The van der Waals surface area contributed by atoms with Crippen LogP contribution in [0, 0.1) is 0 Å². The number of sulfone groups is 1. The van der Waals surface area contributed by atoms with E-state index in [0.717, 1.165) is 12.0 Å². The van der Waals surface area contributed by atoms with Crippen molar-refractivity contribution < 1.29 is 8.42 Å². The summed E-state index contributed by atoms with van der Waals surface area (Å²) in [6.45, 7) is 1.70. The Bertz CT molecular complexity index is 467. The first-order chi connectivity index (χ1) is 7.04. The topological polar surface area (TPSA) is 34.1 Å². The molecule has 0 unspecified atom stereocenters. The molecule has 2 rings (SSSR count). The van der Waals surface area contributed by atoms with Crippen LogP contribution in [0.5, 0.6) is 0 Å². The second kappa shape index (κ2) is 3.80. The van der Waals surface area contributed by atoms with Crippen molar-refractivity contribution in [1.82, 2.24) is 0 Å². The summed E-state index contributed by atoms with van der Waals surface area (Å²) in [6, 6.07) is 7.47. The van der Waals surface area contributed by atoms with E-state index < -0.39 is 9.84 Å². The predicted molar refractivity (Wildman–Crippen MR) is 62.1 cm³/mol.